The number of hydrogen-bond acceptors (Lipinski definition) is 10. The number of rotatable bonds is 11. The third kappa shape index (κ3) is 6.10. The van der Waals surface area contributed by atoms with Crippen molar-refractivity contribution in [3.05, 3.63) is 94.0 Å². The third-order valence-corrected chi connectivity index (χ3v) is 7.63. The van der Waals surface area contributed by atoms with Crippen molar-refractivity contribution in [3.8, 4) is 5.75 Å². The number of aliphatic hydroxyl groups excluding tert-OH is 1. The molecule has 4 rings (SSSR count). The topological polar surface area (TPSA) is 132 Å². The molecule has 1 saturated heterocycles. The summed E-state index contributed by atoms with van der Waals surface area (Å²) >= 11 is 0.890. The summed E-state index contributed by atoms with van der Waals surface area (Å²) in [5.41, 5.74) is 1.12. The summed E-state index contributed by atoms with van der Waals surface area (Å²) in [6.45, 7) is 7.71. The van der Waals surface area contributed by atoms with Gasteiger partial charge in [-0.15, -0.1) is 0 Å². The fourth-order valence-electron chi connectivity index (χ4n) is 4.34. The first-order chi connectivity index (χ1) is 20.2. The first kappa shape index (κ1) is 30.2. The lowest BCUT2D eigenvalue weighted by Crippen LogP contribution is -2.29. The van der Waals surface area contributed by atoms with E-state index in [1.165, 1.54) is 25.3 Å². The molecule has 1 unspecified atom stereocenters. The average Bonchev–Trinajstić information content (AvgIpc) is 3.51. The Balaban J connectivity index is 1.81. The second kappa shape index (κ2) is 13.3. The number of aliphatic hydroxyl groups is 1. The number of carbonyl (C=O) groups is 4. The summed E-state index contributed by atoms with van der Waals surface area (Å²) in [7, 11) is 1.26. The minimum absolute atomic E-state index is 0.00893. The van der Waals surface area contributed by atoms with Gasteiger partial charge in [-0.2, -0.15) is 0 Å². The number of aromatic nitrogens is 1. The minimum Gasteiger partial charge on any atom is -0.507 e. The highest BCUT2D eigenvalue weighted by Gasteiger charge is 2.48. The van der Waals surface area contributed by atoms with Gasteiger partial charge in [0.25, 0.3) is 5.78 Å². The van der Waals surface area contributed by atoms with E-state index in [0.29, 0.717) is 29.2 Å². The molecule has 1 N–H and O–H groups in total. The molecular formula is C31H30N2O8S. The molecule has 0 bridgehead atoms. The number of amides is 1. The van der Waals surface area contributed by atoms with E-state index in [1.54, 1.807) is 43.3 Å². The Kier molecular flexibility index (Phi) is 9.53. The van der Waals surface area contributed by atoms with Crippen LogP contribution in [0.1, 0.15) is 62.7 Å². The second-order valence-corrected chi connectivity index (χ2v) is 10.3. The molecule has 0 spiro atoms. The molecule has 218 valence electrons. The fraction of sp³-hybridized carbons (Fsp3) is 0.258. The molecule has 2 aromatic carbocycles. The standard InChI is InChI=1S/C31H30N2O8S/c1-5-7-17-40-22-14-12-20(13-15-22)25(34)23-24(19-8-10-21(11-9-19)29(37)39-4)33(28(36)26(23)35)31-32-18(3)27(42-31)30(38)41-16-6-2/h6,8-15,24,34H,2,5,7,16-17H2,1,3-4H3/b25-23+. The number of hydrogen-bond donors (Lipinski definition) is 1. The molecule has 10 nitrogen and oxygen atoms in total. The highest BCUT2D eigenvalue weighted by Crippen LogP contribution is 2.44. The Hall–Kier alpha value is -4.77. The van der Waals surface area contributed by atoms with Crippen LogP contribution in [0.5, 0.6) is 5.75 Å². The van der Waals surface area contributed by atoms with Crippen molar-refractivity contribution in [1.29, 1.82) is 0 Å². The molecule has 1 aromatic heterocycles. The SMILES string of the molecule is C=CCOC(=O)c1sc(N2C(=O)C(=O)/C(=C(/O)c3ccc(OCCCC)cc3)C2c2ccc(C(=O)OC)cc2)nc1C. The van der Waals surface area contributed by atoms with Crippen molar-refractivity contribution >= 4 is 45.9 Å². The zero-order valence-corrected chi connectivity index (χ0v) is 24.2. The maximum atomic E-state index is 13.5. The Morgan fingerprint density at radius 2 is 1.74 bits per heavy atom. The van der Waals surface area contributed by atoms with Gasteiger partial charge in [0, 0.05) is 5.56 Å². The molecular weight excluding hydrogens is 560 g/mol. The minimum atomic E-state index is -1.11. The number of benzene rings is 2. The van der Waals surface area contributed by atoms with Crippen molar-refractivity contribution in [2.75, 3.05) is 25.2 Å². The number of Topliss-reactive ketones (excluding diaryl/α,β-unsaturated/α-hetero) is 1. The van der Waals surface area contributed by atoms with E-state index >= 15 is 0 Å². The van der Waals surface area contributed by atoms with Gasteiger partial charge in [0.05, 0.1) is 36.6 Å². The number of thiazole rings is 1. The third-order valence-electron chi connectivity index (χ3n) is 6.50. The van der Waals surface area contributed by atoms with Crippen LogP contribution in [0.25, 0.3) is 5.76 Å². The lowest BCUT2D eigenvalue weighted by Gasteiger charge is -2.23. The van der Waals surface area contributed by atoms with Crippen molar-refractivity contribution in [2.24, 2.45) is 0 Å². The van der Waals surface area contributed by atoms with Gasteiger partial charge in [-0.05, 0) is 55.3 Å². The zero-order valence-electron chi connectivity index (χ0n) is 23.4. The zero-order chi connectivity index (χ0) is 30.4. The Morgan fingerprint density at radius 1 is 1.07 bits per heavy atom. The first-order valence-electron chi connectivity index (χ1n) is 13.2. The van der Waals surface area contributed by atoms with Crippen molar-refractivity contribution in [1.82, 2.24) is 4.98 Å². The smallest absolute Gasteiger partial charge is 0.350 e. The van der Waals surface area contributed by atoms with Gasteiger partial charge in [-0.1, -0.05) is 49.5 Å². The van der Waals surface area contributed by atoms with Crippen LogP contribution in [-0.2, 0) is 19.1 Å². The monoisotopic (exact) mass is 590 g/mol. The molecule has 42 heavy (non-hydrogen) atoms. The fourth-order valence-corrected chi connectivity index (χ4v) is 5.33. The molecule has 0 saturated carbocycles. The highest BCUT2D eigenvalue weighted by molar-refractivity contribution is 7.17. The number of anilines is 1. The summed E-state index contributed by atoms with van der Waals surface area (Å²) in [6, 6.07) is 11.6. The van der Waals surface area contributed by atoms with E-state index in [0.717, 1.165) is 29.1 Å². The van der Waals surface area contributed by atoms with Crippen molar-refractivity contribution in [3.63, 3.8) is 0 Å². The summed E-state index contributed by atoms with van der Waals surface area (Å²) in [5, 5.41) is 11.5. The van der Waals surface area contributed by atoms with Crippen LogP contribution in [0.2, 0.25) is 0 Å². The van der Waals surface area contributed by atoms with Gasteiger partial charge in [0.2, 0.25) is 0 Å². The van der Waals surface area contributed by atoms with E-state index in [1.807, 2.05) is 0 Å². The number of methoxy groups -OCH3 is 1. The molecule has 1 aliphatic rings. The van der Waals surface area contributed by atoms with Gasteiger partial charge < -0.3 is 19.3 Å². The number of ether oxygens (including phenoxy) is 3. The molecule has 1 atom stereocenters. The molecule has 11 heteroatoms. The molecule has 1 fully saturated rings. The maximum absolute atomic E-state index is 13.5. The van der Waals surface area contributed by atoms with Crippen LogP contribution < -0.4 is 9.64 Å². The Labute approximate surface area is 246 Å². The van der Waals surface area contributed by atoms with Crippen LogP contribution in [0.15, 0.2) is 66.8 Å². The van der Waals surface area contributed by atoms with Crippen molar-refractivity contribution < 1.29 is 38.5 Å². The number of carbonyl (C=O) groups excluding carboxylic acids is 4. The maximum Gasteiger partial charge on any atom is 0.350 e. The van der Waals surface area contributed by atoms with Crippen LogP contribution >= 0.6 is 11.3 Å². The lowest BCUT2D eigenvalue weighted by atomic mass is 9.94. The lowest BCUT2D eigenvalue weighted by molar-refractivity contribution is -0.132. The van der Waals surface area contributed by atoms with Crippen LogP contribution in [0, 0.1) is 6.92 Å². The highest BCUT2D eigenvalue weighted by atomic mass is 32.1. The number of aryl methyl sites for hydroxylation is 1. The van der Waals surface area contributed by atoms with Gasteiger partial charge in [-0.25, -0.2) is 14.6 Å². The predicted octanol–water partition coefficient (Wildman–Crippen LogP) is 5.39. The molecule has 1 amide bonds. The van der Waals surface area contributed by atoms with Gasteiger partial charge >= 0.3 is 17.8 Å². The van der Waals surface area contributed by atoms with Gasteiger partial charge in [0.1, 0.15) is 23.0 Å². The first-order valence-corrected chi connectivity index (χ1v) is 14.0. The molecule has 3 aromatic rings. The average molecular weight is 591 g/mol. The number of esters is 2. The Morgan fingerprint density at radius 3 is 2.36 bits per heavy atom. The van der Waals surface area contributed by atoms with Crippen LogP contribution in [0.3, 0.4) is 0 Å². The number of unbranched alkanes of at least 4 members (excludes halogenated alkanes) is 1. The quantitative estimate of drug-likeness (QED) is 0.0780. The summed E-state index contributed by atoms with van der Waals surface area (Å²) in [6.07, 6.45) is 3.30. The largest absolute Gasteiger partial charge is 0.507 e. The van der Waals surface area contributed by atoms with E-state index in [2.05, 4.69) is 18.5 Å². The summed E-state index contributed by atoms with van der Waals surface area (Å²) in [4.78, 5) is 57.3. The van der Waals surface area contributed by atoms with Crippen LogP contribution in [0.4, 0.5) is 5.13 Å². The van der Waals surface area contributed by atoms with E-state index in [9.17, 15) is 24.3 Å². The Bertz CT molecular complexity index is 1540. The normalized spacial score (nSPS) is 15.9. The molecule has 1 aliphatic heterocycles. The summed E-state index contributed by atoms with van der Waals surface area (Å²) in [5.74, 6) is -2.86. The second-order valence-electron chi connectivity index (χ2n) is 9.31. The predicted molar refractivity (Wildman–Crippen MR) is 157 cm³/mol. The van der Waals surface area contributed by atoms with E-state index in [-0.39, 0.29) is 27.8 Å². The van der Waals surface area contributed by atoms with Gasteiger partial charge in [-0.3, -0.25) is 14.5 Å². The number of nitrogens with zero attached hydrogens (tertiary/aromatic N) is 2. The van der Waals surface area contributed by atoms with Crippen LogP contribution in [-0.4, -0.2) is 54.0 Å². The van der Waals surface area contributed by atoms with E-state index in [4.69, 9.17) is 14.2 Å². The van der Waals surface area contributed by atoms with E-state index < -0.39 is 35.4 Å². The number of ketones is 1. The van der Waals surface area contributed by atoms with Crippen molar-refractivity contribution in [2.45, 2.75) is 32.7 Å². The molecule has 0 radical (unpaired) electrons. The summed E-state index contributed by atoms with van der Waals surface area (Å²) < 4.78 is 15.6. The molecule has 0 aliphatic carbocycles. The molecule has 2 heterocycles. The van der Waals surface area contributed by atoms with Gasteiger partial charge in [0.15, 0.2) is 5.13 Å².